The number of amides is 1. The summed E-state index contributed by atoms with van der Waals surface area (Å²) in [7, 11) is 0. The summed E-state index contributed by atoms with van der Waals surface area (Å²) >= 11 is 0. The van der Waals surface area contributed by atoms with E-state index in [1.165, 1.54) is 12.1 Å². The predicted molar refractivity (Wildman–Crippen MR) is 100 cm³/mol. The number of anilines is 1. The van der Waals surface area contributed by atoms with Crippen LogP contribution in [-0.2, 0) is 17.6 Å². The Morgan fingerprint density at radius 2 is 1.81 bits per heavy atom. The molecule has 26 heavy (non-hydrogen) atoms. The van der Waals surface area contributed by atoms with Gasteiger partial charge < -0.3 is 5.32 Å². The first kappa shape index (κ1) is 17.7. The molecule has 5 heteroatoms. The van der Waals surface area contributed by atoms with Crippen molar-refractivity contribution < 1.29 is 9.18 Å². The number of hydrogen-bond donors (Lipinski definition) is 1. The first-order valence-electron chi connectivity index (χ1n) is 8.61. The van der Waals surface area contributed by atoms with Crippen molar-refractivity contribution >= 4 is 11.7 Å². The molecule has 0 unspecified atom stereocenters. The van der Waals surface area contributed by atoms with E-state index in [2.05, 4.69) is 15.3 Å². The molecule has 1 amide bonds. The van der Waals surface area contributed by atoms with E-state index in [0.29, 0.717) is 17.9 Å². The molecule has 0 fully saturated rings. The molecule has 2 aromatic carbocycles. The standard InChI is InChI=1S/C21H20FN3O/c1-2-6-18-21(25-20(26)13-15-7-4-3-5-8-15)23-14-19(24-18)16-9-11-17(22)12-10-16/h3-5,7-12,14H,2,6,13H2,1H3,(H,23,25,26). The number of rotatable bonds is 6. The van der Waals surface area contributed by atoms with Crippen LogP contribution in [0.1, 0.15) is 24.6 Å². The SMILES string of the molecule is CCCc1nc(-c2ccc(F)cc2)cnc1NC(=O)Cc1ccccc1. The summed E-state index contributed by atoms with van der Waals surface area (Å²) in [6.45, 7) is 2.04. The second kappa shape index (κ2) is 8.34. The van der Waals surface area contributed by atoms with Gasteiger partial charge >= 0.3 is 0 Å². The van der Waals surface area contributed by atoms with Crippen molar-refractivity contribution in [2.75, 3.05) is 5.32 Å². The van der Waals surface area contributed by atoms with Gasteiger partial charge in [0.1, 0.15) is 5.82 Å². The Labute approximate surface area is 152 Å². The highest BCUT2D eigenvalue weighted by Crippen LogP contribution is 2.21. The second-order valence-corrected chi connectivity index (χ2v) is 6.02. The van der Waals surface area contributed by atoms with Gasteiger partial charge in [-0.25, -0.2) is 14.4 Å². The van der Waals surface area contributed by atoms with Crippen molar-refractivity contribution in [2.45, 2.75) is 26.2 Å². The molecule has 0 spiro atoms. The minimum atomic E-state index is -0.291. The minimum absolute atomic E-state index is 0.127. The van der Waals surface area contributed by atoms with Crippen LogP contribution in [0.3, 0.4) is 0 Å². The van der Waals surface area contributed by atoms with Gasteiger partial charge in [0.05, 0.1) is 24.0 Å². The molecular weight excluding hydrogens is 329 g/mol. The Morgan fingerprint density at radius 3 is 2.50 bits per heavy atom. The minimum Gasteiger partial charge on any atom is -0.309 e. The van der Waals surface area contributed by atoms with Gasteiger partial charge in [-0.2, -0.15) is 0 Å². The average molecular weight is 349 g/mol. The first-order chi connectivity index (χ1) is 12.7. The lowest BCUT2D eigenvalue weighted by Crippen LogP contribution is -2.17. The topological polar surface area (TPSA) is 54.9 Å². The van der Waals surface area contributed by atoms with Crippen LogP contribution in [0.5, 0.6) is 0 Å². The Bertz CT molecular complexity index is 880. The van der Waals surface area contributed by atoms with Crippen LogP contribution < -0.4 is 5.32 Å². The Morgan fingerprint density at radius 1 is 1.08 bits per heavy atom. The lowest BCUT2D eigenvalue weighted by molar-refractivity contribution is -0.115. The number of aromatic nitrogens is 2. The highest BCUT2D eigenvalue weighted by molar-refractivity contribution is 5.91. The first-order valence-corrected chi connectivity index (χ1v) is 8.61. The highest BCUT2D eigenvalue weighted by atomic mass is 19.1. The molecule has 0 aliphatic rings. The molecule has 0 saturated heterocycles. The number of aryl methyl sites for hydroxylation is 1. The maximum atomic E-state index is 13.1. The Kier molecular flexibility index (Phi) is 5.69. The van der Waals surface area contributed by atoms with E-state index in [-0.39, 0.29) is 18.1 Å². The number of benzene rings is 2. The molecule has 1 N–H and O–H groups in total. The van der Waals surface area contributed by atoms with E-state index in [0.717, 1.165) is 23.2 Å². The molecule has 0 bridgehead atoms. The van der Waals surface area contributed by atoms with Crippen molar-refractivity contribution in [3.63, 3.8) is 0 Å². The van der Waals surface area contributed by atoms with Gasteiger partial charge in [0, 0.05) is 5.56 Å². The molecule has 0 atom stereocenters. The molecule has 0 saturated carbocycles. The summed E-state index contributed by atoms with van der Waals surface area (Å²) in [6.07, 6.45) is 3.46. The maximum Gasteiger partial charge on any atom is 0.229 e. The van der Waals surface area contributed by atoms with Crippen LogP contribution in [0, 0.1) is 5.82 Å². The van der Waals surface area contributed by atoms with E-state index >= 15 is 0 Å². The molecule has 3 rings (SSSR count). The molecule has 0 aliphatic heterocycles. The fraction of sp³-hybridized carbons (Fsp3) is 0.190. The van der Waals surface area contributed by atoms with Crippen molar-refractivity contribution in [2.24, 2.45) is 0 Å². The second-order valence-electron chi connectivity index (χ2n) is 6.02. The zero-order valence-electron chi connectivity index (χ0n) is 14.6. The number of nitrogens with zero attached hydrogens (tertiary/aromatic N) is 2. The third kappa shape index (κ3) is 4.51. The van der Waals surface area contributed by atoms with Crippen LogP contribution >= 0.6 is 0 Å². The summed E-state index contributed by atoms with van der Waals surface area (Å²) in [4.78, 5) is 21.3. The van der Waals surface area contributed by atoms with Gasteiger partial charge in [0.25, 0.3) is 0 Å². The molecule has 4 nitrogen and oxygen atoms in total. The van der Waals surface area contributed by atoms with Gasteiger partial charge in [-0.1, -0.05) is 43.7 Å². The molecule has 132 valence electrons. The summed E-state index contributed by atoms with van der Waals surface area (Å²) in [5.41, 5.74) is 3.13. The molecule has 0 aliphatic carbocycles. The highest BCUT2D eigenvalue weighted by Gasteiger charge is 2.12. The van der Waals surface area contributed by atoms with Gasteiger partial charge in [0.15, 0.2) is 5.82 Å². The van der Waals surface area contributed by atoms with Crippen LogP contribution in [-0.4, -0.2) is 15.9 Å². The van der Waals surface area contributed by atoms with E-state index in [1.54, 1.807) is 18.3 Å². The normalized spacial score (nSPS) is 10.5. The molecule has 3 aromatic rings. The number of nitrogens with one attached hydrogen (secondary N) is 1. The molecule has 0 radical (unpaired) electrons. The maximum absolute atomic E-state index is 13.1. The smallest absolute Gasteiger partial charge is 0.229 e. The van der Waals surface area contributed by atoms with Crippen molar-refractivity contribution in [3.8, 4) is 11.3 Å². The number of carbonyl (C=O) groups is 1. The van der Waals surface area contributed by atoms with Crippen molar-refractivity contribution in [1.29, 1.82) is 0 Å². The van der Waals surface area contributed by atoms with Gasteiger partial charge in [-0.05, 0) is 36.2 Å². The van der Waals surface area contributed by atoms with E-state index in [4.69, 9.17) is 0 Å². The van der Waals surface area contributed by atoms with Crippen LogP contribution in [0.2, 0.25) is 0 Å². The number of carbonyl (C=O) groups excluding carboxylic acids is 1. The largest absolute Gasteiger partial charge is 0.309 e. The number of hydrogen-bond acceptors (Lipinski definition) is 3. The van der Waals surface area contributed by atoms with Gasteiger partial charge in [0.2, 0.25) is 5.91 Å². The molecule has 1 heterocycles. The quantitative estimate of drug-likeness (QED) is 0.717. The van der Waals surface area contributed by atoms with Crippen molar-refractivity contribution in [1.82, 2.24) is 9.97 Å². The number of halogens is 1. The van der Waals surface area contributed by atoms with E-state index in [1.807, 2.05) is 37.3 Å². The molecule has 1 aromatic heterocycles. The van der Waals surface area contributed by atoms with Gasteiger partial charge in [-0.3, -0.25) is 4.79 Å². The van der Waals surface area contributed by atoms with Crippen LogP contribution in [0.4, 0.5) is 10.2 Å². The zero-order valence-corrected chi connectivity index (χ0v) is 14.6. The Balaban J connectivity index is 1.80. The van der Waals surface area contributed by atoms with Crippen molar-refractivity contribution in [3.05, 3.63) is 77.9 Å². The van der Waals surface area contributed by atoms with E-state index < -0.39 is 0 Å². The zero-order chi connectivity index (χ0) is 18.4. The molecular formula is C21H20FN3O. The third-order valence-electron chi connectivity index (χ3n) is 3.94. The summed E-state index contributed by atoms with van der Waals surface area (Å²) in [5, 5.41) is 2.86. The summed E-state index contributed by atoms with van der Waals surface area (Å²) < 4.78 is 13.1. The van der Waals surface area contributed by atoms with Crippen LogP contribution in [0.25, 0.3) is 11.3 Å². The summed E-state index contributed by atoms with van der Waals surface area (Å²) in [5.74, 6) is 0.0660. The lowest BCUT2D eigenvalue weighted by Gasteiger charge is -2.11. The van der Waals surface area contributed by atoms with E-state index in [9.17, 15) is 9.18 Å². The lowest BCUT2D eigenvalue weighted by atomic mass is 10.1. The summed E-state index contributed by atoms with van der Waals surface area (Å²) in [6, 6.07) is 15.7. The fourth-order valence-electron chi connectivity index (χ4n) is 2.66. The average Bonchev–Trinajstić information content (AvgIpc) is 2.65. The fourth-order valence-corrected chi connectivity index (χ4v) is 2.66. The Hall–Kier alpha value is -3.08. The monoisotopic (exact) mass is 349 g/mol. The predicted octanol–water partition coefficient (Wildman–Crippen LogP) is 4.42. The van der Waals surface area contributed by atoms with Gasteiger partial charge in [-0.15, -0.1) is 0 Å². The third-order valence-corrected chi connectivity index (χ3v) is 3.94. The van der Waals surface area contributed by atoms with Crippen LogP contribution in [0.15, 0.2) is 60.8 Å².